The largest absolute Gasteiger partial charge is 0.493 e. The summed E-state index contributed by atoms with van der Waals surface area (Å²) in [5.74, 6) is 0.359. The third kappa shape index (κ3) is 3.84. The lowest BCUT2D eigenvalue weighted by Crippen LogP contribution is -2.10. The third-order valence-electron chi connectivity index (χ3n) is 2.77. The average molecular weight is 283 g/mol. The molecule has 0 fully saturated rings. The molecular formula is C14H21NO5. The molecule has 6 nitrogen and oxygen atoms in total. The quantitative estimate of drug-likeness (QED) is 0.613. The van der Waals surface area contributed by atoms with Crippen LogP contribution in [0.1, 0.15) is 45.3 Å². The molecule has 1 rings (SSSR count). The smallest absolute Gasteiger partial charge is 0.315 e. The minimum absolute atomic E-state index is 0.0972. The fourth-order valence-corrected chi connectivity index (χ4v) is 1.88. The second kappa shape index (κ2) is 7.09. The average Bonchev–Trinajstić information content (AvgIpc) is 2.38. The van der Waals surface area contributed by atoms with Crippen molar-refractivity contribution >= 4 is 5.69 Å². The van der Waals surface area contributed by atoms with E-state index in [2.05, 4.69) is 0 Å². The number of benzene rings is 1. The molecule has 0 saturated heterocycles. The van der Waals surface area contributed by atoms with Gasteiger partial charge in [0.25, 0.3) is 0 Å². The molecule has 0 aliphatic carbocycles. The zero-order chi connectivity index (χ0) is 15.3. The van der Waals surface area contributed by atoms with Gasteiger partial charge in [-0.15, -0.1) is 0 Å². The summed E-state index contributed by atoms with van der Waals surface area (Å²) in [4.78, 5) is 10.7. The minimum atomic E-state index is -0.749. The first-order valence-corrected chi connectivity index (χ1v) is 6.61. The van der Waals surface area contributed by atoms with Crippen LogP contribution < -0.4 is 9.47 Å². The van der Waals surface area contributed by atoms with Gasteiger partial charge in [-0.05, 0) is 31.9 Å². The molecule has 0 aliphatic heterocycles. The van der Waals surface area contributed by atoms with Gasteiger partial charge < -0.3 is 14.6 Å². The number of nitrogens with zero attached hydrogens (tertiary/aromatic N) is 1. The lowest BCUT2D eigenvalue weighted by atomic mass is 10.0. The highest BCUT2D eigenvalue weighted by molar-refractivity contribution is 5.58. The van der Waals surface area contributed by atoms with Crippen molar-refractivity contribution < 1.29 is 19.5 Å². The maximum absolute atomic E-state index is 11.2. The fraction of sp³-hybridized carbons (Fsp3) is 0.571. The zero-order valence-electron chi connectivity index (χ0n) is 12.3. The molecule has 1 aromatic carbocycles. The van der Waals surface area contributed by atoms with Gasteiger partial charge in [0, 0.05) is 6.07 Å². The third-order valence-corrected chi connectivity index (χ3v) is 2.77. The van der Waals surface area contributed by atoms with Crippen LogP contribution in [0.3, 0.4) is 0 Å². The monoisotopic (exact) mass is 283 g/mol. The van der Waals surface area contributed by atoms with Gasteiger partial charge in [0.1, 0.15) is 0 Å². The van der Waals surface area contributed by atoms with Gasteiger partial charge in [-0.25, -0.2) is 0 Å². The van der Waals surface area contributed by atoms with Gasteiger partial charge in [0.2, 0.25) is 5.75 Å². The molecule has 0 heterocycles. The van der Waals surface area contributed by atoms with E-state index in [1.807, 2.05) is 6.92 Å². The Kier molecular flexibility index (Phi) is 5.76. The molecule has 0 aliphatic rings. The van der Waals surface area contributed by atoms with Crippen molar-refractivity contribution in [1.82, 2.24) is 0 Å². The van der Waals surface area contributed by atoms with Gasteiger partial charge >= 0.3 is 5.69 Å². The number of rotatable bonds is 7. The molecule has 20 heavy (non-hydrogen) atoms. The molecule has 112 valence electrons. The van der Waals surface area contributed by atoms with Crippen LogP contribution in [-0.4, -0.2) is 23.2 Å². The summed E-state index contributed by atoms with van der Waals surface area (Å²) < 4.78 is 10.6. The molecule has 1 atom stereocenters. The molecular weight excluding hydrogens is 262 g/mol. The Morgan fingerprint density at radius 1 is 1.40 bits per heavy atom. The van der Waals surface area contributed by atoms with Crippen molar-refractivity contribution in [2.45, 2.75) is 45.8 Å². The number of methoxy groups -OCH3 is 1. The molecule has 0 aromatic heterocycles. The van der Waals surface area contributed by atoms with Crippen molar-refractivity contribution in [3.63, 3.8) is 0 Å². The summed E-state index contributed by atoms with van der Waals surface area (Å²) >= 11 is 0. The maximum Gasteiger partial charge on any atom is 0.315 e. The van der Waals surface area contributed by atoms with Crippen molar-refractivity contribution in [3.05, 3.63) is 27.8 Å². The van der Waals surface area contributed by atoms with Crippen LogP contribution in [0.2, 0.25) is 0 Å². The Balaban J connectivity index is 3.34. The minimum Gasteiger partial charge on any atom is -0.493 e. The zero-order valence-corrected chi connectivity index (χ0v) is 12.3. The Morgan fingerprint density at radius 2 is 2.05 bits per heavy atom. The number of aliphatic hydroxyl groups excluding tert-OH is 1. The molecule has 0 saturated carbocycles. The van der Waals surface area contributed by atoms with E-state index in [4.69, 9.17) is 9.47 Å². The number of nitro groups is 1. The van der Waals surface area contributed by atoms with Crippen LogP contribution in [0.25, 0.3) is 0 Å². The second-order valence-electron chi connectivity index (χ2n) is 4.80. The van der Waals surface area contributed by atoms with Crippen LogP contribution in [0, 0.1) is 10.1 Å². The van der Waals surface area contributed by atoms with Crippen molar-refractivity contribution in [2.75, 3.05) is 7.11 Å². The first-order chi connectivity index (χ1) is 9.40. The number of aliphatic hydroxyl groups is 1. The van der Waals surface area contributed by atoms with E-state index in [1.165, 1.54) is 13.2 Å². The Morgan fingerprint density at radius 3 is 2.50 bits per heavy atom. The van der Waals surface area contributed by atoms with E-state index < -0.39 is 11.0 Å². The maximum atomic E-state index is 11.2. The number of nitro benzene ring substituents is 1. The van der Waals surface area contributed by atoms with Crippen LogP contribution in [0.4, 0.5) is 5.69 Å². The molecule has 1 N–H and O–H groups in total. The van der Waals surface area contributed by atoms with Gasteiger partial charge in [0.15, 0.2) is 5.75 Å². The van der Waals surface area contributed by atoms with Gasteiger partial charge in [0.05, 0.1) is 24.2 Å². The predicted molar refractivity (Wildman–Crippen MR) is 75.3 cm³/mol. The topological polar surface area (TPSA) is 81.8 Å². The summed E-state index contributed by atoms with van der Waals surface area (Å²) in [6.45, 7) is 5.50. The van der Waals surface area contributed by atoms with E-state index in [9.17, 15) is 15.2 Å². The van der Waals surface area contributed by atoms with Crippen molar-refractivity contribution in [3.8, 4) is 11.5 Å². The molecule has 0 radical (unpaired) electrons. The lowest BCUT2D eigenvalue weighted by Gasteiger charge is -2.16. The van der Waals surface area contributed by atoms with Crippen LogP contribution in [0.5, 0.6) is 11.5 Å². The fourth-order valence-electron chi connectivity index (χ4n) is 1.88. The van der Waals surface area contributed by atoms with Crippen LogP contribution in [-0.2, 0) is 0 Å². The lowest BCUT2D eigenvalue weighted by molar-refractivity contribution is -0.386. The Hall–Kier alpha value is -1.82. The standard InChI is InChI=1S/C14H21NO5/c1-5-6-12(16)10-7-11(15(17)18)14(20-9(2)3)13(8-10)19-4/h7-9,12,16H,5-6H2,1-4H3. The first-order valence-electron chi connectivity index (χ1n) is 6.61. The van der Waals surface area contributed by atoms with E-state index in [-0.39, 0.29) is 23.3 Å². The Bertz CT molecular complexity index is 473. The summed E-state index contributed by atoms with van der Waals surface area (Å²) in [6, 6.07) is 2.94. The van der Waals surface area contributed by atoms with E-state index in [1.54, 1.807) is 19.9 Å². The highest BCUT2D eigenvalue weighted by Crippen LogP contribution is 2.40. The molecule has 1 unspecified atom stereocenters. The molecule has 0 amide bonds. The number of hydrogen-bond acceptors (Lipinski definition) is 5. The summed E-state index contributed by atoms with van der Waals surface area (Å²) in [5.41, 5.74) is 0.273. The molecule has 0 spiro atoms. The molecule has 6 heteroatoms. The summed E-state index contributed by atoms with van der Waals surface area (Å²) in [6.07, 6.45) is 0.348. The molecule has 1 aromatic rings. The summed E-state index contributed by atoms with van der Waals surface area (Å²) in [7, 11) is 1.42. The highest BCUT2D eigenvalue weighted by Gasteiger charge is 2.25. The first kappa shape index (κ1) is 16.2. The van der Waals surface area contributed by atoms with Gasteiger partial charge in [-0.1, -0.05) is 13.3 Å². The number of ether oxygens (including phenoxy) is 2. The van der Waals surface area contributed by atoms with Gasteiger partial charge in [-0.3, -0.25) is 10.1 Å². The van der Waals surface area contributed by atoms with Crippen molar-refractivity contribution in [1.29, 1.82) is 0 Å². The van der Waals surface area contributed by atoms with Crippen molar-refractivity contribution in [2.24, 2.45) is 0 Å². The second-order valence-corrected chi connectivity index (χ2v) is 4.80. The van der Waals surface area contributed by atoms with Crippen LogP contribution in [0.15, 0.2) is 12.1 Å². The van der Waals surface area contributed by atoms with E-state index in [0.29, 0.717) is 12.0 Å². The Labute approximate surface area is 118 Å². The van der Waals surface area contributed by atoms with Crippen LogP contribution >= 0.6 is 0 Å². The number of hydrogen-bond donors (Lipinski definition) is 1. The van der Waals surface area contributed by atoms with E-state index >= 15 is 0 Å². The highest BCUT2D eigenvalue weighted by atomic mass is 16.6. The van der Waals surface area contributed by atoms with Gasteiger partial charge in [-0.2, -0.15) is 0 Å². The SMILES string of the molecule is CCCC(O)c1cc(OC)c(OC(C)C)c([N+](=O)[O-])c1. The summed E-state index contributed by atoms with van der Waals surface area (Å²) in [5, 5.41) is 21.2. The van der Waals surface area contributed by atoms with E-state index in [0.717, 1.165) is 6.42 Å². The molecule has 0 bridgehead atoms. The normalized spacial score (nSPS) is 12.3. The predicted octanol–water partition coefficient (Wildman–Crippen LogP) is 3.22.